The first-order valence-corrected chi connectivity index (χ1v) is 8.12. The summed E-state index contributed by atoms with van der Waals surface area (Å²) in [6, 6.07) is 17.8. The summed E-state index contributed by atoms with van der Waals surface area (Å²) in [6.45, 7) is 2.02. The minimum atomic E-state index is 0. The molecular weight excluding hydrogens is 429 g/mol. The van der Waals surface area contributed by atoms with E-state index in [1.165, 1.54) is 5.56 Å². The molecule has 2 rings (SSSR count). The van der Waals surface area contributed by atoms with Crippen LogP contribution in [0.25, 0.3) is 0 Å². The van der Waals surface area contributed by atoms with Crippen molar-refractivity contribution in [1.29, 1.82) is 0 Å². The molecule has 0 spiro atoms. The van der Waals surface area contributed by atoms with Gasteiger partial charge in [-0.2, -0.15) is 0 Å². The Morgan fingerprint density at radius 3 is 2.40 bits per heavy atom. The number of nitrogens with two attached hydrogens (primary N) is 1. The average Bonchev–Trinajstić information content (AvgIpc) is 2.63. The summed E-state index contributed by atoms with van der Waals surface area (Å²) < 4.78 is 10.7. The molecule has 6 heteroatoms. The first kappa shape index (κ1) is 21.1. The highest BCUT2D eigenvalue weighted by atomic mass is 127. The van der Waals surface area contributed by atoms with Gasteiger partial charge >= 0.3 is 0 Å². The van der Waals surface area contributed by atoms with Crippen molar-refractivity contribution < 1.29 is 9.47 Å². The van der Waals surface area contributed by atoms with Gasteiger partial charge in [-0.25, -0.2) is 0 Å². The first-order valence-electron chi connectivity index (χ1n) is 8.12. The second kappa shape index (κ2) is 12.4. The van der Waals surface area contributed by atoms with Gasteiger partial charge in [0.15, 0.2) is 5.96 Å². The van der Waals surface area contributed by atoms with Gasteiger partial charge in [-0.1, -0.05) is 30.3 Å². The zero-order chi connectivity index (χ0) is 17.0. The third kappa shape index (κ3) is 8.62. The number of hydrogen-bond acceptors (Lipinski definition) is 3. The van der Waals surface area contributed by atoms with Crippen molar-refractivity contribution in [2.24, 2.45) is 10.7 Å². The van der Waals surface area contributed by atoms with E-state index in [9.17, 15) is 0 Å². The van der Waals surface area contributed by atoms with E-state index in [2.05, 4.69) is 22.4 Å². The van der Waals surface area contributed by atoms with E-state index in [1.807, 2.05) is 42.5 Å². The van der Waals surface area contributed by atoms with Gasteiger partial charge in [0.05, 0.1) is 13.7 Å². The fourth-order valence-electron chi connectivity index (χ4n) is 2.16. The standard InChI is InChI=1S/C19H25N3O2.HI/c1-23-17-8-10-18(11-9-17)24-15-5-13-21-19(20)22-14-12-16-6-3-2-4-7-16;/h2-4,6-11H,5,12-15H2,1H3,(H3,20,21,22);1H. The summed E-state index contributed by atoms with van der Waals surface area (Å²) in [6.07, 6.45) is 1.74. The molecule has 0 aliphatic heterocycles. The molecule has 0 saturated heterocycles. The fourth-order valence-corrected chi connectivity index (χ4v) is 2.16. The third-order valence-electron chi connectivity index (χ3n) is 3.48. The maximum absolute atomic E-state index is 5.85. The second-order valence-electron chi connectivity index (χ2n) is 5.31. The monoisotopic (exact) mass is 455 g/mol. The van der Waals surface area contributed by atoms with E-state index in [0.29, 0.717) is 19.1 Å². The number of hydrogen-bond donors (Lipinski definition) is 2. The van der Waals surface area contributed by atoms with E-state index in [0.717, 1.165) is 30.9 Å². The van der Waals surface area contributed by atoms with Crippen LogP contribution in [-0.2, 0) is 6.42 Å². The van der Waals surface area contributed by atoms with Gasteiger partial charge in [-0.3, -0.25) is 4.99 Å². The highest BCUT2D eigenvalue weighted by Gasteiger charge is 1.96. The summed E-state index contributed by atoms with van der Waals surface area (Å²) >= 11 is 0. The van der Waals surface area contributed by atoms with Gasteiger partial charge in [0.1, 0.15) is 11.5 Å². The summed E-state index contributed by atoms with van der Waals surface area (Å²) in [7, 11) is 1.65. The smallest absolute Gasteiger partial charge is 0.188 e. The summed E-state index contributed by atoms with van der Waals surface area (Å²) in [5.41, 5.74) is 7.13. The van der Waals surface area contributed by atoms with Gasteiger partial charge in [-0.15, -0.1) is 24.0 Å². The molecule has 0 aliphatic carbocycles. The van der Waals surface area contributed by atoms with Crippen LogP contribution >= 0.6 is 24.0 Å². The topological polar surface area (TPSA) is 68.9 Å². The molecule has 0 saturated carbocycles. The Kier molecular flexibility index (Phi) is 10.5. The van der Waals surface area contributed by atoms with Crippen molar-refractivity contribution in [2.45, 2.75) is 12.8 Å². The van der Waals surface area contributed by atoms with Crippen molar-refractivity contribution in [3.8, 4) is 11.5 Å². The Balaban J connectivity index is 0.00000312. The van der Waals surface area contributed by atoms with Crippen molar-refractivity contribution >= 4 is 29.9 Å². The maximum atomic E-state index is 5.85. The molecule has 0 amide bonds. The predicted molar refractivity (Wildman–Crippen MR) is 113 cm³/mol. The molecule has 3 N–H and O–H groups in total. The lowest BCUT2D eigenvalue weighted by Gasteiger charge is -2.07. The molecule has 25 heavy (non-hydrogen) atoms. The van der Waals surface area contributed by atoms with Crippen molar-refractivity contribution in [1.82, 2.24) is 5.32 Å². The van der Waals surface area contributed by atoms with Crippen LogP contribution in [0.15, 0.2) is 59.6 Å². The first-order chi connectivity index (χ1) is 11.8. The highest BCUT2D eigenvalue weighted by molar-refractivity contribution is 14.0. The van der Waals surface area contributed by atoms with Crippen molar-refractivity contribution in [3.05, 3.63) is 60.2 Å². The number of halogens is 1. The van der Waals surface area contributed by atoms with Crippen molar-refractivity contribution in [2.75, 3.05) is 26.8 Å². The van der Waals surface area contributed by atoms with E-state index in [4.69, 9.17) is 15.2 Å². The van der Waals surface area contributed by atoms with Gasteiger partial charge < -0.3 is 20.5 Å². The molecule has 5 nitrogen and oxygen atoms in total. The molecule has 2 aromatic carbocycles. The van der Waals surface area contributed by atoms with Crippen LogP contribution < -0.4 is 20.5 Å². The number of methoxy groups -OCH3 is 1. The number of ether oxygens (including phenoxy) is 2. The number of rotatable bonds is 9. The summed E-state index contributed by atoms with van der Waals surface area (Å²) in [5, 5.41) is 3.13. The third-order valence-corrected chi connectivity index (χ3v) is 3.48. The molecule has 0 aliphatic rings. The maximum Gasteiger partial charge on any atom is 0.188 e. The Labute approximate surface area is 166 Å². The van der Waals surface area contributed by atoms with Gasteiger partial charge in [0.2, 0.25) is 0 Å². The lowest BCUT2D eigenvalue weighted by Crippen LogP contribution is -2.33. The van der Waals surface area contributed by atoms with Crippen LogP contribution in [0.4, 0.5) is 0 Å². The zero-order valence-electron chi connectivity index (χ0n) is 14.5. The molecule has 0 atom stereocenters. The van der Waals surface area contributed by atoms with Gasteiger partial charge in [0.25, 0.3) is 0 Å². The lowest BCUT2D eigenvalue weighted by molar-refractivity contribution is 0.312. The Morgan fingerprint density at radius 1 is 1.04 bits per heavy atom. The zero-order valence-corrected chi connectivity index (χ0v) is 16.8. The van der Waals surface area contributed by atoms with E-state index < -0.39 is 0 Å². The van der Waals surface area contributed by atoms with Gasteiger partial charge in [-0.05, 0) is 36.2 Å². The van der Waals surface area contributed by atoms with Gasteiger partial charge in [0, 0.05) is 19.5 Å². The molecule has 0 heterocycles. The normalized spacial score (nSPS) is 10.7. The molecule has 0 aromatic heterocycles. The molecule has 136 valence electrons. The number of guanidine groups is 1. The predicted octanol–water partition coefficient (Wildman–Crippen LogP) is 3.23. The van der Waals surface area contributed by atoms with Crippen LogP contribution in [0.3, 0.4) is 0 Å². The number of aliphatic imine (C=N–C) groups is 1. The van der Waals surface area contributed by atoms with Crippen LogP contribution in [0.5, 0.6) is 11.5 Å². The van der Waals surface area contributed by atoms with Crippen LogP contribution in [0.2, 0.25) is 0 Å². The number of benzene rings is 2. The van der Waals surface area contributed by atoms with E-state index in [1.54, 1.807) is 7.11 Å². The van der Waals surface area contributed by atoms with E-state index in [-0.39, 0.29) is 24.0 Å². The van der Waals surface area contributed by atoms with E-state index >= 15 is 0 Å². The molecule has 0 radical (unpaired) electrons. The Hall–Kier alpha value is -1.96. The highest BCUT2D eigenvalue weighted by Crippen LogP contribution is 2.16. The largest absolute Gasteiger partial charge is 0.497 e. The molecule has 2 aromatic rings. The lowest BCUT2D eigenvalue weighted by atomic mass is 10.1. The molecular formula is C19H26IN3O2. The number of nitrogens with one attached hydrogen (secondary N) is 1. The van der Waals surface area contributed by atoms with Crippen LogP contribution in [0, 0.1) is 0 Å². The second-order valence-corrected chi connectivity index (χ2v) is 5.31. The molecule has 0 bridgehead atoms. The minimum Gasteiger partial charge on any atom is -0.497 e. The quantitative estimate of drug-likeness (QED) is 0.264. The fraction of sp³-hybridized carbons (Fsp3) is 0.316. The Bertz CT molecular complexity index is 618. The van der Waals surface area contributed by atoms with Crippen molar-refractivity contribution in [3.63, 3.8) is 0 Å². The summed E-state index contributed by atoms with van der Waals surface area (Å²) in [4.78, 5) is 4.30. The molecule has 0 unspecified atom stereocenters. The number of nitrogens with zero attached hydrogens (tertiary/aromatic N) is 1. The van der Waals surface area contributed by atoms with Crippen LogP contribution in [0.1, 0.15) is 12.0 Å². The minimum absolute atomic E-state index is 0. The SMILES string of the molecule is COc1ccc(OCCCN=C(N)NCCc2ccccc2)cc1.I. The molecule has 0 fully saturated rings. The summed E-state index contributed by atoms with van der Waals surface area (Å²) in [5.74, 6) is 2.13. The Morgan fingerprint density at radius 2 is 1.72 bits per heavy atom. The average molecular weight is 455 g/mol. The van der Waals surface area contributed by atoms with Crippen LogP contribution in [-0.4, -0.2) is 32.8 Å².